The zero-order chi connectivity index (χ0) is 13.1. The van der Waals surface area contributed by atoms with Gasteiger partial charge in [0.1, 0.15) is 0 Å². The second-order valence-electron chi connectivity index (χ2n) is 4.99. The highest BCUT2D eigenvalue weighted by Gasteiger charge is 2.67. The van der Waals surface area contributed by atoms with Crippen LogP contribution in [0.25, 0.3) is 0 Å². The molecule has 18 heavy (non-hydrogen) atoms. The second kappa shape index (κ2) is 3.29. The predicted octanol–water partition coefficient (Wildman–Crippen LogP) is 1.96. The highest BCUT2D eigenvalue weighted by Crippen LogP contribution is 2.53. The summed E-state index contributed by atoms with van der Waals surface area (Å²) in [5.41, 5.74) is -2.29. The van der Waals surface area contributed by atoms with Crippen molar-refractivity contribution in [1.29, 1.82) is 0 Å². The van der Waals surface area contributed by atoms with Crippen LogP contribution < -0.4 is 0 Å². The van der Waals surface area contributed by atoms with Gasteiger partial charge in [-0.15, -0.1) is 0 Å². The quantitative estimate of drug-likeness (QED) is 0.767. The minimum Gasteiger partial charge on any atom is -0.362 e. The number of hydrogen-bond acceptors (Lipinski definition) is 2. The van der Waals surface area contributed by atoms with Gasteiger partial charge in [-0.25, -0.2) is 8.78 Å². The van der Waals surface area contributed by atoms with E-state index in [1.807, 2.05) is 0 Å². The monoisotopic (exact) mass is 253 g/mol. The van der Waals surface area contributed by atoms with Gasteiger partial charge in [-0.2, -0.15) is 0 Å². The third kappa shape index (κ3) is 1.08. The molecule has 1 amide bonds. The third-order valence-corrected chi connectivity index (χ3v) is 4.04. The topological polar surface area (TPSA) is 40.5 Å². The van der Waals surface area contributed by atoms with E-state index in [0.717, 1.165) is 4.90 Å². The Kier molecular flexibility index (Phi) is 2.12. The Labute approximate surface area is 103 Å². The van der Waals surface area contributed by atoms with Crippen molar-refractivity contribution in [2.45, 2.75) is 25.0 Å². The fourth-order valence-corrected chi connectivity index (χ4v) is 2.88. The van der Waals surface area contributed by atoms with Gasteiger partial charge in [0.15, 0.2) is 0 Å². The molecule has 2 aliphatic rings. The number of amides is 1. The molecule has 0 bridgehead atoms. The van der Waals surface area contributed by atoms with Crippen molar-refractivity contribution in [3.8, 4) is 0 Å². The average Bonchev–Trinajstić information content (AvgIpc) is 2.57. The van der Waals surface area contributed by atoms with Crippen LogP contribution in [0.5, 0.6) is 0 Å². The number of hydrogen-bond donors (Lipinski definition) is 1. The first kappa shape index (κ1) is 11.6. The maximum atomic E-state index is 14.3. The average molecular weight is 253 g/mol. The Morgan fingerprint density at radius 3 is 2.78 bits per heavy atom. The zero-order valence-electron chi connectivity index (χ0n) is 9.86. The molecule has 2 heterocycles. The standard InChI is InChI=1S/C13H13F2NO2/c1-8-6-7-16-11(17)9-4-2-3-5-10(9)13(16,18)12(8,14)15/h2-5,8,18H,6-7H2,1H3. The van der Waals surface area contributed by atoms with E-state index >= 15 is 0 Å². The Bertz CT molecular complexity index is 531. The summed E-state index contributed by atoms with van der Waals surface area (Å²) in [5, 5.41) is 10.5. The summed E-state index contributed by atoms with van der Waals surface area (Å²) in [6.45, 7) is 1.56. The maximum absolute atomic E-state index is 14.3. The van der Waals surface area contributed by atoms with Crippen LogP contribution in [0.3, 0.4) is 0 Å². The van der Waals surface area contributed by atoms with Gasteiger partial charge in [0, 0.05) is 23.6 Å². The molecule has 2 aliphatic heterocycles. The summed E-state index contributed by atoms with van der Waals surface area (Å²) in [5.74, 6) is -4.81. The first-order valence-electron chi connectivity index (χ1n) is 5.92. The summed E-state index contributed by atoms with van der Waals surface area (Å²) >= 11 is 0. The van der Waals surface area contributed by atoms with Crippen molar-refractivity contribution in [1.82, 2.24) is 4.90 Å². The molecule has 0 aromatic heterocycles. The van der Waals surface area contributed by atoms with E-state index in [1.54, 1.807) is 12.1 Å². The SMILES string of the molecule is CC1CCN2C(=O)c3ccccc3C2(O)C1(F)F. The smallest absolute Gasteiger partial charge is 0.301 e. The number of nitrogens with zero attached hydrogens (tertiary/aromatic N) is 1. The molecule has 3 rings (SSSR count). The van der Waals surface area contributed by atoms with E-state index in [1.165, 1.54) is 19.1 Å². The van der Waals surface area contributed by atoms with Crippen LogP contribution >= 0.6 is 0 Å². The molecule has 0 aliphatic carbocycles. The van der Waals surface area contributed by atoms with Crippen LogP contribution in [-0.2, 0) is 5.72 Å². The predicted molar refractivity (Wildman–Crippen MR) is 60.1 cm³/mol. The highest BCUT2D eigenvalue weighted by atomic mass is 19.3. The number of rotatable bonds is 0. The van der Waals surface area contributed by atoms with E-state index in [-0.39, 0.29) is 24.1 Å². The molecule has 0 saturated carbocycles. The number of carbonyl (C=O) groups is 1. The van der Waals surface area contributed by atoms with Gasteiger partial charge >= 0.3 is 5.92 Å². The summed E-state index contributed by atoms with van der Waals surface area (Å²) in [6.07, 6.45) is 0.190. The highest BCUT2D eigenvalue weighted by molar-refractivity contribution is 6.00. The number of benzene rings is 1. The van der Waals surface area contributed by atoms with Crippen molar-refractivity contribution in [3.63, 3.8) is 0 Å². The summed E-state index contributed by atoms with van der Waals surface area (Å²) in [7, 11) is 0. The van der Waals surface area contributed by atoms with Gasteiger partial charge in [-0.3, -0.25) is 4.79 Å². The van der Waals surface area contributed by atoms with Crippen LogP contribution in [0.2, 0.25) is 0 Å². The lowest BCUT2D eigenvalue weighted by Gasteiger charge is -2.47. The van der Waals surface area contributed by atoms with Crippen molar-refractivity contribution in [2.24, 2.45) is 5.92 Å². The molecule has 5 heteroatoms. The van der Waals surface area contributed by atoms with E-state index in [2.05, 4.69) is 0 Å². The minimum atomic E-state index is -3.34. The Hall–Kier alpha value is -1.49. The lowest BCUT2D eigenvalue weighted by atomic mass is 9.83. The lowest BCUT2D eigenvalue weighted by Crippen LogP contribution is -2.62. The van der Waals surface area contributed by atoms with E-state index < -0.39 is 23.5 Å². The van der Waals surface area contributed by atoms with Crippen LogP contribution in [0.1, 0.15) is 29.3 Å². The van der Waals surface area contributed by atoms with Crippen molar-refractivity contribution in [2.75, 3.05) is 6.54 Å². The molecule has 1 N–H and O–H groups in total. The zero-order valence-corrected chi connectivity index (χ0v) is 9.86. The van der Waals surface area contributed by atoms with E-state index in [4.69, 9.17) is 0 Å². The van der Waals surface area contributed by atoms with Crippen LogP contribution in [0.4, 0.5) is 8.78 Å². The van der Waals surface area contributed by atoms with Gasteiger partial charge in [-0.1, -0.05) is 25.1 Å². The van der Waals surface area contributed by atoms with Crippen LogP contribution in [0.15, 0.2) is 24.3 Å². The number of alkyl halides is 2. The molecule has 1 fully saturated rings. The van der Waals surface area contributed by atoms with Gasteiger partial charge in [-0.05, 0) is 12.5 Å². The molecule has 2 atom stereocenters. The number of aliphatic hydroxyl groups is 1. The van der Waals surface area contributed by atoms with Gasteiger partial charge in [0.2, 0.25) is 5.72 Å². The number of fused-ring (bicyclic) bond motifs is 3. The first-order chi connectivity index (χ1) is 8.40. The normalized spacial score (nSPS) is 33.2. The van der Waals surface area contributed by atoms with Crippen LogP contribution in [-0.4, -0.2) is 28.4 Å². The molecular formula is C13H13F2NO2. The third-order valence-electron chi connectivity index (χ3n) is 4.04. The van der Waals surface area contributed by atoms with Gasteiger partial charge < -0.3 is 10.0 Å². The fraction of sp³-hybridized carbons (Fsp3) is 0.462. The molecule has 2 unspecified atom stereocenters. The molecule has 1 aromatic carbocycles. The Balaban J connectivity index is 2.26. The van der Waals surface area contributed by atoms with E-state index in [9.17, 15) is 18.7 Å². The summed E-state index contributed by atoms with van der Waals surface area (Å²) < 4.78 is 28.7. The number of carbonyl (C=O) groups excluding carboxylic acids is 1. The summed E-state index contributed by atoms with van der Waals surface area (Å²) in [6, 6.07) is 6.05. The number of halogens is 2. The van der Waals surface area contributed by atoms with Gasteiger partial charge in [0.25, 0.3) is 5.91 Å². The van der Waals surface area contributed by atoms with Crippen molar-refractivity contribution in [3.05, 3.63) is 35.4 Å². The molecule has 1 aromatic rings. The largest absolute Gasteiger partial charge is 0.362 e. The minimum absolute atomic E-state index is 0.0200. The molecule has 0 radical (unpaired) electrons. The van der Waals surface area contributed by atoms with Crippen molar-refractivity contribution >= 4 is 5.91 Å². The molecule has 3 nitrogen and oxygen atoms in total. The first-order valence-corrected chi connectivity index (χ1v) is 5.92. The van der Waals surface area contributed by atoms with Crippen LogP contribution in [0, 0.1) is 5.92 Å². The number of piperidine rings is 1. The molecular weight excluding hydrogens is 240 g/mol. The molecule has 1 saturated heterocycles. The molecule has 0 spiro atoms. The maximum Gasteiger partial charge on any atom is 0.301 e. The van der Waals surface area contributed by atoms with Crippen molar-refractivity contribution < 1.29 is 18.7 Å². The second-order valence-corrected chi connectivity index (χ2v) is 4.99. The molecule has 96 valence electrons. The fourth-order valence-electron chi connectivity index (χ4n) is 2.88. The Morgan fingerprint density at radius 2 is 2.06 bits per heavy atom. The Morgan fingerprint density at radius 1 is 1.39 bits per heavy atom. The lowest BCUT2D eigenvalue weighted by molar-refractivity contribution is -0.285. The van der Waals surface area contributed by atoms with E-state index in [0.29, 0.717) is 0 Å². The van der Waals surface area contributed by atoms with Gasteiger partial charge in [0.05, 0.1) is 0 Å². The summed E-state index contributed by atoms with van der Waals surface area (Å²) in [4.78, 5) is 13.0.